The molecule has 1 fully saturated rings. The third-order valence-corrected chi connectivity index (χ3v) is 4.31. The fourth-order valence-corrected chi connectivity index (χ4v) is 2.94. The van der Waals surface area contributed by atoms with Crippen molar-refractivity contribution < 1.29 is 9.53 Å². The zero-order valence-corrected chi connectivity index (χ0v) is 13.3. The van der Waals surface area contributed by atoms with E-state index in [4.69, 9.17) is 22.1 Å². The van der Waals surface area contributed by atoms with Crippen LogP contribution < -0.4 is 11.1 Å². The van der Waals surface area contributed by atoms with Crippen molar-refractivity contribution in [1.82, 2.24) is 4.98 Å². The molecule has 1 aromatic carbocycles. The zero-order chi connectivity index (χ0) is 16.2. The molecule has 120 valence electrons. The van der Waals surface area contributed by atoms with E-state index in [1.54, 1.807) is 6.07 Å². The third kappa shape index (κ3) is 3.81. The molecule has 0 bridgehead atoms. The Bertz CT molecular complexity index is 697. The van der Waals surface area contributed by atoms with Gasteiger partial charge in [0.1, 0.15) is 5.82 Å². The van der Waals surface area contributed by atoms with Gasteiger partial charge in [-0.15, -0.1) is 0 Å². The number of nitrogens with one attached hydrogen (secondary N) is 1. The predicted octanol–water partition coefficient (Wildman–Crippen LogP) is 3.47. The molecule has 1 amide bonds. The van der Waals surface area contributed by atoms with Crippen molar-refractivity contribution >= 4 is 29.0 Å². The van der Waals surface area contributed by atoms with Crippen molar-refractivity contribution in [3.8, 4) is 0 Å². The quantitative estimate of drug-likeness (QED) is 0.899. The number of nitrogens with zero attached hydrogens (tertiary/aromatic N) is 1. The van der Waals surface area contributed by atoms with E-state index in [1.165, 1.54) is 11.8 Å². The van der Waals surface area contributed by atoms with Gasteiger partial charge in [0, 0.05) is 31.2 Å². The molecule has 0 radical (unpaired) electrons. The summed E-state index contributed by atoms with van der Waals surface area (Å²) in [5.74, 6) is 0.550. The zero-order valence-electron chi connectivity index (χ0n) is 12.6. The number of hydrogen-bond acceptors (Lipinski definition) is 4. The first kappa shape index (κ1) is 15.8. The van der Waals surface area contributed by atoms with E-state index in [-0.39, 0.29) is 10.6 Å². The van der Waals surface area contributed by atoms with Crippen molar-refractivity contribution in [1.29, 1.82) is 0 Å². The highest BCUT2D eigenvalue weighted by molar-refractivity contribution is 6.34. The standard InChI is InChI=1S/C17H18ClN3O2/c18-15-9-16(20-10-14(15)17(19)22)21-13-3-1-11(2-4-13)12-5-7-23-8-6-12/h1-4,9-10,12H,5-8H2,(H2,19,22)(H,20,21). The summed E-state index contributed by atoms with van der Waals surface area (Å²) in [4.78, 5) is 15.3. The Kier molecular flexibility index (Phi) is 4.79. The summed E-state index contributed by atoms with van der Waals surface area (Å²) in [7, 11) is 0. The minimum Gasteiger partial charge on any atom is -0.381 e. The van der Waals surface area contributed by atoms with Gasteiger partial charge in [0.15, 0.2) is 0 Å². The number of benzene rings is 1. The molecule has 0 saturated carbocycles. The Balaban J connectivity index is 1.70. The fourth-order valence-electron chi connectivity index (χ4n) is 2.70. The first-order valence-electron chi connectivity index (χ1n) is 7.53. The number of carbonyl (C=O) groups is 1. The first-order valence-corrected chi connectivity index (χ1v) is 7.91. The van der Waals surface area contributed by atoms with Gasteiger partial charge in [-0.05, 0) is 36.5 Å². The Morgan fingerprint density at radius 2 is 1.96 bits per heavy atom. The smallest absolute Gasteiger partial charge is 0.251 e. The number of pyridine rings is 1. The maximum absolute atomic E-state index is 11.1. The molecule has 6 heteroatoms. The van der Waals surface area contributed by atoms with Gasteiger partial charge in [0.05, 0.1) is 10.6 Å². The lowest BCUT2D eigenvalue weighted by Gasteiger charge is -2.22. The lowest BCUT2D eigenvalue weighted by atomic mass is 9.92. The second-order valence-electron chi connectivity index (χ2n) is 5.55. The Morgan fingerprint density at radius 1 is 1.26 bits per heavy atom. The normalized spacial score (nSPS) is 15.3. The summed E-state index contributed by atoms with van der Waals surface area (Å²) in [6.07, 6.45) is 3.51. The number of amides is 1. The van der Waals surface area contributed by atoms with Crippen LogP contribution in [0.4, 0.5) is 11.5 Å². The van der Waals surface area contributed by atoms with Gasteiger partial charge in [-0.3, -0.25) is 4.79 Å². The average Bonchev–Trinajstić information content (AvgIpc) is 2.56. The lowest BCUT2D eigenvalue weighted by molar-refractivity contribution is 0.0853. The molecule has 3 rings (SSSR count). The van der Waals surface area contributed by atoms with Gasteiger partial charge in [-0.1, -0.05) is 23.7 Å². The van der Waals surface area contributed by atoms with E-state index < -0.39 is 5.91 Å². The van der Waals surface area contributed by atoms with Gasteiger partial charge in [-0.25, -0.2) is 4.98 Å². The summed E-state index contributed by atoms with van der Waals surface area (Å²) in [5, 5.41) is 3.45. The number of ether oxygens (including phenoxy) is 1. The summed E-state index contributed by atoms with van der Waals surface area (Å²) >= 11 is 6.02. The van der Waals surface area contributed by atoms with Crippen LogP contribution in [0.2, 0.25) is 5.02 Å². The molecule has 1 saturated heterocycles. The summed E-state index contributed by atoms with van der Waals surface area (Å²) < 4.78 is 5.40. The average molecular weight is 332 g/mol. The van der Waals surface area contributed by atoms with Gasteiger partial charge in [0.25, 0.3) is 5.91 Å². The molecule has 1 aliphatic rings. The molecule has 2 aromatic rings. The minimum absolute atomic E-state index is 0.215. The molecule has 0 atom stereocenters. The summed E-state index contributed by atoms with van der Waals surface area (Å²) in [5.41, 5.74) is 7.67. The van der Waals surface area contributed by atoms with Gasteiger partial charge in [-0.2, -0.15) is 0 Å². The monoisotopic (exact) mass is 331 g/mol. The maximum atomic E-state index is 11.1. The molecule has 23 heavy (non-hydrogen) atoms. The third-order valence-electron chi connectivity index (χ3n) is 3.99. The van der Waals surface area contributed by atoms with Crippen LogP contribution in [-0.2, 0) is 4.74 Å². The van der Waals surface area contributed by atoms with E-state index in [2.05, 4.69) is 22.4 Å². The highest BCUT2D eigenvalue weighted by atomic mass is 35.5. The molecule has 3 N–H and O–H groups in total. The van der Waals surface area contributed by atoms with Crippen molar-refractivity contribution in [3.63, 3.8) is 0 Å². The first-order chi connectivity index (χ1) is 11.1. The minimum atomic E-state index is -0.588. The molecule has 1 aromatic heterocycles. The number of nitrogens with two attached hydrogens (primary N) is 1. The van der Waals surface area contributed by atoms with E-state index in [1.807, 2.05) is 12.1 Å². The van der Waals surface area contributed by atoms with E-state index >= 15 is 0 Å². The predicted molar refractivity (Wildman–Crippen MR) is 90.3 cm³/mol. The van der Waals surface area contributed by atoms with Crippen molar-refractivity contribution in [3.05, 3.63) is 52.7 Å². The van der Waals surface area contributed by atoms with Crippen LogP contribution in [0.25, 0.3) is 0 Å². The van der Waals surface area contributed by atoms with Crippen LogP contribution in [0.5, 0.6) is 0 Å². The fraction of sp³-hybridized carbons (Fsp3) is 0.294. The number of primary amides is 1. The second kappa shape index (κ2) is 6.98. The van der Waals surface area contributed by atoms with Gasteiger partial charge in [0.2, 0.25) is 0 Å². The highest BCUT2D eigenvalue weighted by Crippen LogP contribution is 2.28. The molecule has 0 unspecified atom stereocenters. The molecule has 0 spiro atoms. The molecule has 5 nitrogen and oxygen atoms in total. The van der Waals surface area contributed by atoms with Crippen LogP contribution in [0.3, 0.4) is 0 Å². The van der Waals surface area contributed by atoms with Crippen LogP contribution in [0.1, 0.15) is 34.7 Å². The molecule has 2 heterocycles. The maximum Gasteiger partial charge on any atom is 0.251 e. The lowest BCUT2D eigenvalue weighted by Crippen LogP contribution is -2.14. The Morgan fingerprint density at radius 3 is 2.57 bits per heavy atom. The summed E-state index contributed by atoms with van der Waals surface area (Å²) in [6.45, 7) is 1.67. The number of rotatable bonds is 4. The van der Waals surface area contributed by atoms with Crippen molar-refractivity contribution in [2.45, 2.75) is 18.8 Å². The second-order valence-corrected chi connectivity index (χ2v) is 5.95. The molecular formula is C17H18ClN3O2. The topological polar surface area (TPSA) is 77.2 Å². The van der Waals surface area contributed by atoms with Crippen LogP contribution >= 0.6 is 11.6 Å². The number of anilines is 2. The Labute approximate surface area is 139 Å². The van der Waals surface area contributed by atoms with Gasteiger partial charge < -0.3 is 15.8 Å². The van der Waals surface area contributed by atoms with Crippen LogP contribution in [-0.4, -0.2) is 24.1 Å². The van der Waals surface area contributed by atoms with Crippen LogP contribution in [0.15, 0.2) is 36.5 Å². The molecule has 0 aliphatic carbocycles. The van der Waals surface area contributed by atoms with Crippen LogP contribution in [0, 0.1) is 0 Å². The molecular weight excluding hydrogens is 314 g/mol. The summed E-state index contributed by atoms with van der Waals surface area (Å²) in [6, 6.07) is 9.87. The van der Waals surface area contributed by atoms with E-state index in [0.717, 1.165) is 31.7 Å². The van der Waals surface area contributed by atoms with E-state index in [9.17, 15) is 4.79 Å². The number of hydrogen-bond donors (Lipinski definition) is 2. The Hall–Kier alpha value is -2.11. The SMILES string of the molecule is NC(=O)c1cnc(Nc2ccc(C3CCOCC3)cc2)cc1Cl. The van der Waals surface area contributed by atoms with E-state index in [0.29, 0.717) is 11.7 Å². The highest BCUT2D eigenvalue weighted by Gasteiger charge is 2.15. The van der Waals surface area contributed by atoms with Crippen molar-refractivity contribution in [2.24, 2.45) is 5.73 Å². The number of carbonyl (C=O) groups excluding carboxylic acids is 1. The van der Waals surface area contributed by atoms with Crippen molar-refractivity contribution in [2.75, 3.05) is 18.5 Å². The molecule has 1 aliphatic heterocycles. The van der Waals surface area contributed by atoms with Gasteiger partial charge >= 0.3 is 0 Å². The number of aromatic nitrogens is 1. The number of halogens is 1. The largest absolute Gasteiger partial charge is 0.381 e.